The second-order valence-electron chi connectivity index (χ2n) is 5.72. The van der Waals surface area contributed by atoms with E-state index in [4.69, 9.17) is 4.74 Å². The van der Waals surface area contributed by atoms with Gasteiger partial charge in [-0.05, 0) is 50.1 Å². The van der Waals surface area contributed by atoms with Gasteiger partial charge in [-0.25, -0.2) is 9.59 Å². The first kappa shape index (κ1) is 18.3. The fourth-order valence-corrected chi connectivity index (χ4v) is 2.05. The van der Waals surface area contributed by atoms with Gasteiger partial charge in [0.05, 0.1) is 0 Å². The van der Waals surface area contributed by atoms with Crippen LogP contribution in [-0.4, -0.2) is 18.2 Å². The maximum Gasteiger partial charge on any atom is 0.411 e. The monoisotopic (exact) mass is 341 g/mol. The van der Waals surface area contributed by atoms with Crippen LogP contribution in [0.4, 0.5) is 26.7 Å². The number of rotatable bonds is 5. The molecular weight excluding hydrogens is 318 g/mol. The van der Waals surface area contributed by atoms with Crippen molar-refractivity contribution in [3.05, 3.63) is 54.1 Å². The summed E-state index contributed by atoms with van der Waals surface area (Å²) < 4.78 is 5.21. The zero-order chi connectivity index (χ0) is 18.2. The van der Waals surface area contributed by atoms with Crippen LogP contribution in [0.3, 0.4) is 0 Å². The van der Waals surface area contributed by atoms with Crippen molar-refractivity contribution in [1.82, 2.24) is 0 Å². The molecule has 6 nitrogen and oxygen atoms in total. The van der Waals surface area contributed by atoms with Crippen molar-refractivity contribution in [2.75, 3.05) is 16.0 Å². The first-order chi connectivity index (χ1) is 12.0. The van der Waals surface area contributed by atoms with Gasteiger partial charge in [0.15, 0.2) is 0 Å². The van der Waals surface area contributed by atoms with Crippen molar-refractivity contribution in [2.24, 2.45) is 0 Å². The number of urea groups is 1. The van der Waals surface area contributed by atoms with Gasteiger partial charge < -0.3 is 15.4 Å². The lowest BCUT2D eigenvalue weighted by atomic mass is 10.2. The Morgan fingerprint density at radius 1 is 1.00 bits per heavy atom. The molecular formula is C19H23N3O3. The van der Waals surface area contributed by atoms with Crippen LogP contribution < -0.4 is 16.0 Å². The Balaban J connectivity index is 2.00. The number of para-hydroxylation sites is 1. The Hall–Kier alpha value is -3.02. The van der Waals surface area contributed by atoms with Crippen molar-refractivity contribution in [1.29, 1.82) is 0 Å². The fraction of sp³-hybridized carbons (Fsp3) is 0.263. The zero-order valence-electron chi connectivity index (χ0n) is 14.6. The molecule has 0 aliphatic carbocycles. The van der Waals surface area contributed by atoms with Gasteiger partial charge in [-0.15, -0.1) is 0 Å². The highest BCUT2D eigenvalue weighted by atomic mass is 16.6. The standard InChI is InChI=1S/C19H23N3O3/c1-4-14(3)25-19(24)22-17-12-16(11-10-13(17)2)21-18(23)20-15-8-6-5-7-9-15/h5-12,14H,4H2,1-3H3,(H,22,24)(H2,20,21,23). The molecule has 3 amide bonds. The molecule has 0 heterocycles. The highest BCUT2D eigenvalue weighted by Crippen LogP contribution is 2.21. The maximum absolute atomic E-state index is 12.1. The van der Waals surface area contributed by atoms with E-state index in [0.717, 1.165) is 12.0 Å². The van der Waals surface area contributed by atoms with E-state index in [-0.39, 0.29) is 12.1 Å². The van der Waals surface area contributed by atoms with Crippen LogP contribution in [0.1, 0.15) is 25.8 Å². The highest BCUT2D eigenvalue weighted by Gasteiger charge is 2.11. The summed E-state index contributed by atoms with van der Waals surface area (Å²) in [5, 5.41) is 8.18. The quantitative estimate of drug-likeness (QED) is 0.717. The minimum absolute atomic E-state index is 0.154. The Kier molecular flexibility index (Phi) is 6.39. The number of carbonyl (C=O) groups is 2. The summed E-state index contributed by atoms with van der Waals surface area (Å²) in [6.45, 7) is 5.64. The van der Waals surface area contributed by atoms with Crippen LogP contribution in [0.5, 0.6) is 0 Å². The van der Waals surface area contributed by atoms with Crippen molar-refractivity contribution < 1.29 is 14.3 Å². The van der Waals surface area contributed by atoms with Gasteiger partial charge in [0.25, 0.3) is 0 Å². The van der Waals surface area contributed by atoms with Gasteiger partial charge in [0, 0.05) is 17.1 Å². The number of hydrogen-bond acceptors (Lipinski definition) is 3. The molecule has 0 aromatic heterocycles. The average molecular weight is 341 g/mol. The van der Waals surface area contributed by atoms with Crippen LogP contribution in [0.2, 0.25) is 0 Å². The number of nitrogens with one attached hydrogen (secondary N) is 3. The van der Waals surface area contributed by atoms with E-state index in [9.17, 15) is 9.59 Å². The second-order valence-corrected chi connectivity index (χ2v) is 5.72. The second kappa shape index (κ2) is 8.73. The fourth-order valence-electron chi connectivity index (χ4n) is 2.05. The first-order valence-electron chi connectivity index (χ1n) is 8.19. The summed E-state index contributed by atoms with van der Waals surface area (Å²) in [7, 11) is 0. The van der Waals surface area contributed by atoms with E-state index >= 15 is 0 Å². The maximum atomic E-state index is 12.1. The van der Waals surface area contributed by atoms with Gasteiger partial charge in [0.2, 0.25) is 0 Å². The average Bonchev–Trinajstić information content (AvgIpc) is 2.58. The van der Waals surface area contributed by atoms with Gasteiger partial charge in [-0.1, -0.05) is 31.2 Å². The number of benzene rings is 2. The van der Waals surface area contributed by atoms with Crippen molar-refractivity contribution in [3.8, 4) is 0 Å². The van der Waals surface area contributed by atoms with Crippen molar-refractivity contribution >= 4 is 29.2 Å². The molecule has 2 aromatic rings. The Labute approximate surface area is 147 Å². The number of aryl methyl sites for hydroxylation is 1. The number of hydrogen-bond donors (Lipinski definition) is 3. The number of ether oxygens (including phenoxy) is 1. The Morgan fingerprint density at radius 2 is 1.68 bits per heavy atom. The molecule has 0 fully saturated rings. The molecule has 2 rings (SSSR count). The number of anilines is 3. The van der Waals surface area contributed by atoms with Crippen LogP contribution in [0, 0.1) is 6.92 Å². The molecule has 0 aliphatic heterocycles. The summed E-state index contributed by atoms with van der Waals surface area (Å²) >= 11 is 0. The molecule has 6 heteroatoms. The Bertz CT molecular complexity index is 732. The molecule has 0 saturated heterocycles. The summed E-state index contributed by atoms with van der Waals surface area (Å²) in [4.78, 5) is 23.9. The SMILES string of the molecule is CCC(C)OC(=O)Nc1cc(NC(=O)Nc2ccccc2)ccc1C. The summed E-state index contributed by atoms with van der Waals surface area (Å²) in [5.41, 5.74) is 2.72. The smallest absolute Gasteiger partial charge is 0.411 e. The van der Waals surface area contributed by atoms with Crippen LogP contribution in [0.25, 0.3) is 0 Å². The normalized spacial score (nSPS) is 11.3. The molecule has 3 N–H and O–H groups in total. The van der Waals surface area contributed by atoms with Crippen molar-refractivity contribution in [2.45, 2.75) is 33.3 Å². The predicted octanol–water partition coefficient (Wildman–Crippen LogP) is 4.99. The highest BCUT2D eigenvalue weighted by molar-refractivity contribution is 6.00. The van der Waals surface area contributed by atoms with Gasteiger partial charge in [-0.3, -0.25) is 5.32 Å². The lowest BCUT2D eigenvalue weighted by Gasteiger charge is -2.14. The summed E-state index contributed by atoms with van der Waals surface area (Å²) in [6, 6.07) is 14.1. The molecule has 1 unspecified atom stereocenters. The minimum Gasteiger partial charge on any atom is -0.446 e. The molecule has 132 valence electrons. The summed E-state index contributed by atoms with van der Waals surface area (Å²) in [5.74, 6) is 0. The molecule has 1 atom stereocenters. The Morgan fingerprint density at radius 3 is 2.36 bits per heavy atom. The summed E-state index contributed by atoms with van der Waals surface area (Å²) in [6.07, 6.45) is 0.0785. The molecule has 0 saturated carbocycles. The molecule has 0 spiro atoms. The van der Waals surface area contributed by atoms with Crippen molar-refractivity contribution in [3.63, 3.8) is 0 Å². The molecule has 2 aromatic carbocycles. The molecule has 0 radical (unpaired) electrons. The van der Waals surface area contributed by atoms with E-state index in [2.05, 4.69) is 16.0 Å². The molecule has 0 aliphatic rings. The van der Waals surface area contributed by atoms with E-state index in [1.165, 1.54) is 0 Å². The van der Waals surface area contributed by atoms with E-state index < -0.39 is 6.09 Å². The van der Waals surface area contributed by atoms with Crippen LogP contribution >= 0.6 is 0 Å². The molecule has 0 bridgehead atoms. The lowest BCUT2D eigenvalue weighted by Crippen LogP contribution is -2.21. The third-order valence-corrected chi connectivity index (χ3v) is 3.65. The zero-order valence-corrected chi connectivity index (χ0v) is 14.6. The van der Waals surface area contributed by atoms with E-state index in [1.807, 2.05) is 45.0 Å². The van der Waals surface area contributed by atoms with Gasteiger partial charge in [0.1, 0.15) is 6.10 Å². The van der Waals surface area contributed by atoms with E-state index in [1.54, 1.807) is 24.3 Å². The van der Waals surface area contributed by atoms with Crippen LogP contribution in [0.15, 0.2) is 48.5 Å². The number of carbonyl (C=O) groups excluding carboxylic acids is 2. The minimum atomic E-state index is -0.511. The van der Waals surface area contributed by atoms with Gasteiger partial charge >= 0.3 is 12.1 Å². The first-order valence-corrected chi connectivity index (χ1v) is 8.19. The predicted molar refractivity (Wildman–Crippen MR) is 100 cm³/mol. The number of amides is 3. The third-order valence-electron chi connectivity index (χ3n) is 3.65. The largest absolute Gasteiger partial charge is 0.446 e. The topological polar surface area (TPSA) is 79.5 Å². The van der Waals surface area contributed by atoms with Gasteiger partial charge in [-0.2, -0.15) is 0 Å². The lowest BCUT2D eigenvalue weighted by molar-refractivity contribution is 0.118. The van der Waals surface area contributed by atoms with E-state index in [0.29, 0.717) is 17.1 Å². The molecule has 25 heavy (non-hydrogen) atoms. The van der Waals surface area contributed by atoms with Crippen LogP contribution in [-0.2, 0) is 4.74 Å². The third kappa shape index (κ3) is 5.84.